The van der Waals surface area contributed by atoms with Crippen molar-refractivity contribution in [2.24, 2.45) is 0 Å². The monoisotopic (exact) mass is 264 g/mol. The lowest BCUT2D eigenvalue weighted by molar-refractivity contribution is -0.116. The lowest BCUT2D eigenvalue weighted by Crippen LogP contribution is -2.19. The van der Waals surface area contributed by atoms with Gasteiger partial charge in [-0.3, -0.25) is 4.79 Å². The molecule has 0 saturated carbocycles. The first-order chi connectivity index (χ1) is 9.78. The van der Waals surface area contributed by atoms with Crippen molar-refractivity contribution in [1.29, 1.82) is 5.26 Å². The fourth-order valence-corrected chi connectivity index (χ4v) is 2.36. The second-order valence-corrected chi connectivity index (χ2v) is 4.68. The van der Waals surface area contributed by atoms with Crippen molar-refractivity contribution in [3.8, 4) is 6.07 Å². The van der Waals surface area contributed by atoms with Gasteiger partial charge in [0.1, 0.15) is 5.92 Å². The van der Waals surface area contributed by atoms with Crippen LogP contribution in [0.15, 0.2) is 36.5 Å². The van der Waals surface area contributed by atoms with Crippen molar-refractivity contribution < 1.29 is 4.79 Å². The highest BCUT2D eigenvalue weighted by molar-refractivity contribution is 5.93. The van der Waals surface area contributed by atoms with Crippen molar-refractivity contribution in [2.75, 3.05) is 5.32 Å². The fraction of sp³-hybridized carbons (Fsp3) is 0.200. The number of hydrogen-bond acceptors (Lipinski definition) is 4. The molecule has 0 fully saturated rings. The molecule has 0 aliphatic carbocycles. The van der Waals surface area contributed by atoms with E-state index in [1.807, 2.05) is 18.2 Å². The average molecular weight is 264 g/mol. The molecule has 5 heteroatoms. The average Bonchev–Trinajstić information content (AvgIpc) is 2.49. The molecule has 5 nitrogen and oxygen atoms in total. The number of amides is 1. The van der Waals surface area contributed by atoms with Gasteiger partial charge in [-0.05, 0) is 35.7 Å². The molecule has 2 aromatic rings. The van der Waals surface area contributed by atoms with E-state index >= 15 is 0 Å². The molecular formula is C15H12N4O. The van der Waals surface area contributed by atoms with Crippen LogP contribution in [0.4, 0.5) is 5.69 Å². The molecule has 1 aliphatic rings. The summed E-state index contributed by atoms with van der Waals surface area (Å²) in [5.41, 5.74) is 3.41. The number of carbonyl (C=O) groups is 1. The molecule has 0 radical (unpaired) electrons. The highest BCUT2D eigenvalue weighted by Crippen LogP contribution is 2.29. The van der Waals surface area contributed by atoms with Crippen LogP contribution in [0.2, 0.25) is 0 Å². The molecule has 1 N–H and O–H groups in total. The third kappa shape index (κ3) is 2.24. The Hall–Kier alpha value is -2.74. The number of nitrogens with one attached hydrogen (secondary N) is 1. The maximum absolute atomic E-state index is 11.3. The summed E-state index contributed by atoms with van der Waals surface area (Å²) in [6.45, 7) is 0. The SMILES string of the molecule is N#CC(c1ccc2c(c1)CCC(=O)N2)c1cccnn1. The summed E-state index contributed by atoms with van der Waals surface area (Å²) in [5, 5.41) is 20.1. The molecule has 0 spiro atoms. The van der Waals surface area contributed by atoms with Gasteiger partial charge in [0.2, 0.25) is 5.91 Å². The van der Waals surface area contributed by atoms with Crippen LogP contribution < -0.4 is 5.32 Å². The highest BCUT2D eigenvalue weighted by Gasteiger charge is 2.19. The molecule has 1 aromatic heterocycles. The Balaban J connectivity index is 1.98. The second-order valence-electron chi connectivity index (χ2n) is 4.68. The molecule has 2 heterocycles. The normalized spacial score (nSPS) is 14.8. The second kappa shape index (κ2) is 5.10. The fourth-order valence-electron chi connectivity index (χ4n) is 2.36. The number of aryl methyl sites for hydroxylation is 1. The summed E-state index contributed by atoms with van der Waals surface area (Å²) in [6.07, 6.45) is 2.77. The van der Waals surface area contributed by atoms with Gasteiger partial charge in [-0.15, -0.1) is 0 Å². The Labute approximate surface area is 116 Å². The van der Waals surface area contributed by atoms with Crippen LogP contribution in [-0.4, -0.2) is 16.1 Å². The van der Waals surface area contributed by atoms with Gasteiger partial charge in [-0.25, -0.2) is 0 Å². The maximum atomic E-state index is 11.3. The van der Waals surface area contributed by atoms with Gasteiger partial charge in [0, 0.05) is 18.3 Å². The number of carbonyl (C=O) groups excluding carboxylic acids is 1. The molecule has 20 heavy (non-hydrogen) atoms. The minimum atomic E-state index is -0.438. The number of anilines is 1. The molecule has 0 saturated heterocycles. The smallest absolute Gasteiger partial charge is 0.224 e. The molecule has 98 valence electrons. The van der Waals surface area contributed by atoms with E-state index < -0.39 is 5.92 Å². The summed E-state index contributed by atoms with van der Waals surface area (Å²) in [7, 11) is 0. The van der Waals surface area contributed by atoms with E-state index in [0.717, 1.165) is 16.8 Å². The maximum Gasteiger partial charge on any atom is 0.224 e. The van der Waals surface area contributed by atoms with E-state index in [4.69, 9.17) is 0 Å². The van der Waals surface area contributed by atoms with Crippen molar-refractivity contribution in [1.82, 2.24) is 10.2 Å². The number of fused-ring (bicyclic) bond motifs is 1. The van der Waals surface area contributed by atoms with Gasteiger partial charge in [0.05, 0.1) is 11.8 Å². The molecule has 3 rings (SSSR count). The van der Waals surface area contributed by atoms with Crippen LogP contribution in [-0.2, 0) is 11.2 Å². The van der Waals surface area contributed by atoms with Crippen LogP contribution in [0.3, 0.4) is 0 Å². The molecule has 1 aliphatic heterocycles. The Kier molecular flexibility index (Phi) is 3.13. The summed E-state index contributed by atoms with van der Waals surface area (Å²) in [4.78, 5) is 11.3. The highest BCUT2D eigenvalue weighted by atomic mass is 16.1. The molecular weight excluding hydrogens is 252 g/mol. The Morgan fingerprint density at radius 3 is 2.95 bits per heavy atom. The number of hydrogen-bond donors (Lipinski definition) is 1. The van der Waals surface area contributed by atoms with Crippen molar-refractivity contribution in [2.45, 2.75) is 18.8 Å². The van der Waals surface area contributed by atoms with Gasteiger partial charge in [-0.2, -0.15) is 15.5 Å². The quantitative estimate of drug-likeness (QED) is 0.900. The molecule has 1 unspecified atom stereocenters. The topological polar surface area (TPSA) is 78.7 Å². The van der Waals surface area contributed by atoms with Gasteiger partial charge >= 0.3 is 0 Å². The van der Waals surface area contributed by atoms with E-state index in [0.29, 0.717) is 18.5 Å². The van der Waals surface area contributed by atoms with Crippen LogP contribution in [0.5, 0.6) is 0 Å². The van der Waals surface area contributed by atoms with Gasteiger partial charge in [0.25, 0.3) is 0 Å². The van der Waals surface area contributed by atoms with E-state index in [2.05, 4.69) is 21.6 Å². The van der Waals surface area contributed by atoms with Crippen LogP contribution >= 0.6 is 0 Å². The summed E-state index contributed by atoms with van der Waals surface area (Å²) in [6, 6.07) is 11.5. The lowest BCUT2D eigenvalue weighted by atomic mass is 9.92. The number of aromatic nitrogens is 2. The van der Waals surface area contributed by atoms with E-state index in [-0.39, 0.29) is 5.91 Å². The lowest BCUT2D eigenvalue weighted by Gasteiger charge is -2.18. The zero-order chi connectivity index (χ0) is 13.9. The largest absolute Gasteiger partial charge is 0.326 e. The summed E-state index contributed by atoms with van der Waals surface area (Å²) < 4.78 is 0. The van der Waals surface area contributed by atoms with E-state index in [1.54, 1.807) is 18.3 Å². The zero-order valence-corrected chi connectivity index (χ0v) is 10.7. The first-order valence-electron chi connectivity index (χ1n) is 6.38. The van der Waals surface area contributed by atoms with Gasteiger partial charge in [-0.1, -0.05) is 12.1 Å². The van der Waals surface area contributed by atoms with Crippen LogP contribution in [0, 0.1) is 11.3 Å². The zero-order valence-electron chi connectivity index (χ0n) is 10.7. The van der Waals surface area contributed by atoms with E-state index in [1.165, 1.54) is 0 Å². The third-order valence-electron chi connectivity index (χ3n) is 3.38. The molecule has 1 atom stereocenters. The van der Waals surface area contributed by atoms with Crippen molar-refractivity contribution >= 4 is 11.6 Å². The van der Waals surface area contributed by atoms with Crippen molar-refractivity contribution in [3.63, 3.8) is 0 Å². The predicted octanol–water partition coefficient (Wildman–Crippen LogP) is 2.02. The molecule has 1 amide bonds. The van der Waals surface area contributed by atoms with Crippen molar-refractivity contribution in [3.05, 3.63) is 53.3 Å². The Morgan fingerprint density at radius 1 is 1.30 bits per heavy atom. The predicted molar refractivity (Wildman–Crippen MR) is 72.9 cm³/mol. The van der Waals surface area contributed by atoms with Crippen LogP contribution in [0.25, 0.3) is 0 Å². The first kappa shape index (κ1) is 12.3. The minimum Gasteiger partial charge on any atom is -0.326 e. The van der Waals surface area contributed by atoms with Gasteiger partial charge < -0.3 is 5.32 Å². The first-order valence-corrected chi connectivity index (χ1v) is 6.38. The standard InChI is InChI=1S/C15H12N4O/c16-9-12(14-2-1-7-17-19-14)10-3-5-13-11(8-10)4-6-15(20)18-13/h1-3,5,7-8,12H,4,6H2,(H,18,20). The number of nitrogens with zero attached hydrogens (tertiary/aromatic N) is 3. The van der Waals surface area contributed by atoms with Crippen LogP contribution in [0.1, 0.15) is 29.2 Å². The Morgan fingerprint density at radius 2 is 2.20 bits per heavy atom. The number of benzene rings is 1. The molecule has 1 aromatic carbocycles. The third-order valence-corrected chi connectivity index (χ3v) is 3.38. The summed E-state index contributed by atoms with van der Waals surface area (Å²) >= 11 is 0. The minimum absolute atomic E-state index is 0.0380. The number of rotatable bonds is 2. The molecule has 0 bridgehead atoms. The van der Waals surface area contributed by atoms with E-state index in [9.17, 15) is 10.1 Å². The van der Waals surface area contributed by atoms with Gasteiger partial charge in [0.15, 0.2) is 0 Å². The Bertz CT molecular complexity index is 691. The number of nitriles is 1. The summed E-state index contributed by atoms with van der Waals surface area (Å²) in [5.74, 6) is -0.400.